The van der Waals surface area contributed by atoms with Gasteiger partial charge >= 0.3 is 5.69 Å². The van der Waals surface area contributed by atoms with E-state index in [1.165, 1.54) is 20.4 Å². The fourth-order valence-electron chi connectivity index (χ4n) is 1.82. The van der Waals surface area contributed by atoms with Gasteiger partial charge in [0.1, 0.15) is 0 Å². The molecule has 0 saturated carbocycles. The molecule has 3 aromatic rings. The van der Waals surface area contributed by atoms with Gasteiger partial charge in [0.15, 0.2) is 22.3 Å². The van der Waals surface area contributed by atoms with Gasteiger partial charge in [-0.2, -0.15) is 0 Å². The second-order valence-corrected chi connectivity index (χ2v) is 4.01. The van der Waals surface area contributed by atoms with Crippen molar-refractivity contribution in [3.05, 3.63) is 37.5 Å². The van der Waals surface area contributed by atoms with Gasteiger partial charge in [-0.3, -0.25) is 18.7 Å². The van der Waals surface area contributed by atoms with Crippen LogP contribution in [0.25, 0.3) is 22.3 Å². The van der Waals surface area contributed by atoms with Crippen molar-refractivity contribution in [2.45, 2.75) is 0 Å². The van der Waals surface area contributed by atoms with E-state index in [4.69, 9.17) is 0 Å². The number of H-pyrrole nitrogens is 1. The van der Waals surface area contributed by atoms with Crippen LogP contribution in [0.5, 0.6) is 0 Å². The molecule has 3 aromatic heterocycles. The number of aromatic nitrogens is 6. The molecule has 19 heavy (non-hydrogen) atoms. The lowest BCUT2D eigenvalue weighted by Gasteiger charge is -2.05. The molecule has 0 aliphatic rings. The van der Waals surface area contributed by atoms with Crippen molar-refractivity contribution in [1.29, 1.82) is 0 Å². The quantitative estimate of drug-likeness (QED) is 0.480. The first-order valence-electron chi connectivity index (χ1n) is 5.32. The van der Waals surface area contributed by atoms with E-state index in [9.17, 15) is 14.4 Å². The molecule has 0 aromatic carbocycles. The third-order valence-corrected chi connectivity index (χ3v) is 2.86. The van der Waals surface area contributed by atoms with Gasteiger partial charge in [0, 0.05) is 14.1 Å². The standard InChI is InChI=1S/C10H8N6O3/c1-15-7-5(9(18)16(2)10(15)19)13-6-4(14-7)8(17)12-3-11-6/h3H,1-2H3,(H,11,12,13,17). The van der Waals surface area contributed by atoms with E-state index in [1.807, 2.05) is 0 Å². The molecule has 3 rings (SSSR count). The number of aromatic amines is 1. The molecule has 0 amide bonds. The normalized spacial score (nSPS) is 11.3. The van der Waals surface area contributed by atoms with Gasteiger partial charge in [0.25, 0.3) is 11.1 Å². The van der Waals surface area contributed by atoms with Gasteiger partial charge in [0.2, 0.25) is 0 Å². The lowest BCUT2D eigenvalue weighted by Crippen LogP contribution is -2.38. The Balaban J connectivity index is 2.72. The fourth-order valence-corrected chi connectivity index (χ4v) is 1.82. The molecular formula is C10H8N6O3. The monoisotopic (exact) mass is 260 g/mol. The molecule has 0 atom stereocenters. The topological polar surface area (TPSA) is 116 Å². The highest BCUT2D eigenvalue weighted by Gasteiger charge is 2.14. The third-order valence-electron chi connectivity index (χ3n) is 2.86. The largest absolute Gasteiger partial charge is 0.332 e. The first-order chi connectivity index (χ1) is 9.00. The van der Waals surface area contributed by atoms with Crippen molar-refractivity contribution in [2.75, 3.05) is 0 Å². The molecule has 0 fully saturated rings. The summed E-state index contributed by atoms with van der Waals surface area (Å²) in [6.07, 6.45) is 1.18. The summed E-state index contributed by atoms with van der Waals surface area (Å²) in [5.74, 6) is 0. The van der Waals surface area contributed by atoms with Gasteiger partial charge < -0.3 is 4.98 Å². The van der Waals surface area contributed by atoms with Crippen molar-refractivity contribution < 1.29 is 0 Å². The van der Waals surface area contributed by atoms with E-state index in [1.54, 1.807) is 0 Å². The molecule has 0 unspecified atom stereocenters. The third kappa shape index (κ3) is 1.41. The maximum atomic E-state index is 12.0. The predicted molar refractivity (Wildman–Crippen MR) is 65.9 cm³/mol. The minimum absolute atomic E-state index is 0.00444. The number of rotatable bonds is 0. The van der Waals surface area contributed by atoms with Crippen LogP contribution in [0.4, 0.5) is 0 Å². The lowest BCUT2D eigenvalue weighted by molar-refractivity contribution is 0.705. The van der Waals surface area contributed by atoms with E-state index in [-0.39, 0.29) is 22.3 Å². The number of fused-ring (bicyclic) bond motifs is 2. The number of hydrogen-bond acceptors (Lipinski definition) is 6. The SMILES string of the molecule is Cn1c(=O)c2nc3nc[nH]c(=O)c3nc2n(C)c1=O. The van der Waals surface area contributed by atoms with Crippen molar-refractivity contribution in [3.8, 4) is 0 Å². The van der Waals surface area contributed by atoms with E-state index in [2.05, 4.69) is 19.9 Å². The van der Waals surface area contributed by atoms with Crippen molar-refractivity contribution >= 4 is 22.3 Å². The molecule has 3 heterocycles. The summed E-state index contributed by atoms with van der Waals surface area (Å²) >= 11 is 0. The highest BCUT2D eigenvalue weighted by molar-refractivity contribution is 5.80. The Hall–Kier alpha value is -2.84. The maximum absolute atomic E-state index is 12.0. The summed E-state index contributed by atoms with van der Waals surface area (Å²) in [7, 11) is 2.80. The summed E-state index contributed by atoms with van der Waals surface area (Å²) in [5, 5.41) is 0. The van der Waals surface area contributed by atoms with Crippen LogP contribution in [0.3, 0.4) is 0 Å². The zero-order valence-electron chi connectivity index (χ0n) is 10.0. The molecule has 1 N–H and O–H groups in total. The van der Waals surface area contributed by atoms with Crippen LogP contribution in [0.1, 0.15) is 0 Å². The van der Waals surface area contributed by atoms with Gasteiger partial charge in [-0.05, 0) is 0 Å². The summed E-state index contributed by atoms with van der Waals surface area (Å²) in [5.41, 5.74) is -1.49. The van der Waals surface area contributed by atoms with Crippen LogP contribution < -0.4 is 16.8 Å². The molecule has 96 valence electrons. The molecule has 9 heteroatoms. The van der Waals surface area contributed by atoms with Crippen LogP contribution in [-0.2, 0) is 14.1 Å². The Morgan fingerprint density at radius 1 is 1.05 bits per heavy atom. The van der Waals surface area contributed by atoms with Crippen molar-refractivity contribution in [2.24, 2.45) is 14.1 Å². The first kappa shape index (κ1) is 11.3. The second kappa shape index (κ2) is 3.57. The Labute approximate surface area is 104 Å². The lowest BCUT2D eigenvalue weighted by atomic mass is 10.4. The molecular weight excluding hydrogens is 252 g/mol. The van der Waals surface area contributed by atoms with Gasteiger partial charge in [0.05, 0.1) is 6.33 Å². The Bertz CT molecular complexity index is 996. The summed E-state index contributed by atoms with van der Waals surface area (Å²) in [4.78, 5) is 49.6. The summed E-state index contributed by atoms with van der Waals surface area (Å²) in [6.45, 7) is 0. The zero-order valence-corrected chi connectivity index (χ0v) is 10.0. The van der Waals surface area contributed by atoms with E-state index in [0.717, 1.165) is 9.13 Å². The molecule has 0 bridgehead atoms. The average molecular weight is 260 g/mol. The van der Waals surface area contributed by atoms with E-state index in [0.29, 0.717) is 0 Å². The smallest absolute Gasteiger partial charge is 0.311 e. The summed E-state index contributed by atoms with van der Waals surface area (Å²) in [6, 6.07) is 0. The van der Waals surface area contributed by atoms with Crippen LogP contribution in [0.2, 0.25) is 0 Å². The van der Waals surface area contributed by atoms with Crippen molar-refractivity contribution in [1.82, 2.24) is 29.1 Å². The first-order valence-corrected chi connectivity index (χ1v) is 5.32. The number of nitrogens with one attached hydrogen (secondary N) is 1. The van der Waals surface area contributed by atoms with E-state index < -0.39 is 16.8 Å². The van der Waals surface area contributed by atoms with Crippen LogP contribution in [0, 0.1) is 0 Å². The van der Waals surface area contributed by atoms with E-state index >= 15 is 0 Å². The molecule has 0 aliphatic carbocycles. The number of hydrogen-bond donors (Lipinski definition) is 1. The van der Waals surface area contributed by atoms with Gasteiger partial charge in [-0.15, -0.1) is 0 Å². The minimum Gasteiger partial charge on any atom is -0.311 e. The van der Waals surface area contributed by atoms with Crippen LogP contribution >= 0.6 is 0 Å². The van der Waals surface area contributed by atoms with Crippen LogP contribution in [-0.4, -0.2) is 29.1 Å². The Morgan fingerprint density at radius 3 is 2.53 bits per heavy atom. The maximum Gasteiger partial charge on any atom is 0.332 e. The van der Waals surface area contributed by atoms with Gasteiger partial charge in [-0.1, -0.05) is 0 Å². The summed E-state index contributed by atoms with van der Waals surface area (Å²) < 4.78 is 2.09. The molecule has 0 spiro atoms. The van der Waals surface area contributed by atoms with Gasteiger partial charge in [-0.25, -0.2) is 19.7 Å². The zero-order chi connectivity index (χ0) is 13.7. The molecule has 0 saturated heterocycles. The minimum atomic E-state index is -0.574. The van der Waals surface area contributed by atoms with Crippen molar-refractivity contribution in [3.63, 3.8) is 0 Å². The number of aryl methyl sites for hydroxylation is 1. The predicted octanol–water partition coefficient (Wildman–Crippen LogP) is -1.74. The average Bonchev–Trinajstić information content (AvgIpc) is 2.42. The highest BCUT2D eigenvalue weighted by atomic mass is 16.2. The Kier molecular flexibility index (Phi) is 2.12. The molecule has 0 aliphatic heterocycles. The Morgan fingerprint density at radius 2 is 1.79 bits per heavy atom. The number of nitrogens with zero attached hydrogens (tertiary/aromatic N) is 5. The fraction of sp³-hybridized carbons (Fsp3) is 0.200. The highest BCUT2D eigenvalue weighted by Crippen LogP contribution is 2.05. The molecule has 9 nitrogen and oxygen atoms in total. The van der Waals surface area contributed by atoms with Crippen LogP contribution in [0.15, 0.2) is 20.7 Å². The molecule has 0 radical (unpaired) electrons. The second-order valence-electron chi connectivity index (χ2n) is 4.01.